The van der Waals surface area contributed by atoms with E-state index in [0.717, 1.165) is 0 Å². The number of cyclic esters (lactones) is 1. The summed E-state index contributed by atoms with van der Waals surface area (Å²) in [6, 6.07) is 8.13. The number of aliphatic imine (C=N–C) groups is 1. The van der Waals surface area contributed by atoms with Gasteiger partial charge in [0.1, 0.15) is 0 Å². The SMILES string of the molecule is COc1ccc(/C=C2\N=C(c3cc(OC)c(OC)c(OC)c3)OC2=O)cc1OC(C)=O. The second-order valence-corrected chi connectivity index (χ2v) is 6.25. The molecule has 0 unspecified atom stereocenters. The van der Waals surface area contributed by atoms with E-state index >= 15 is 0 Å². The fraction of sp³-hybridized carbons (Fsp3) is 0.227. The van der Waals surface area contributed by atoms with Crippen LogP contribution in [0, 0.1) is 0 Å². The molecular formula is C22H21NO8. The molecule has 0 amide bonds. The van der Waals surface area contributed by atoms with E-state index in [1.165, 1.54) is 41.4 Å². The molecule has 0 spiro atoms. The molecular weight excluding hydrogens is 406 g/mol. The van der Waals surface area contributed by atoms with Gasteiger partial charge in [0.15, 0.2) is 28.7 Å². The first-order valence-electron chi connectivity index (χ1n) is 9.09. The quantitative estimate of drug-likeness (QED) is 0.378. The summed E-state index contributed by atoms with van der Waals surface area (Å²) in [5.41, 5.74) is 1.11. The second-order valence-electron chi connectivity index (χ2n) is 6.25. The van der Waals surface area contributed by atoms with Crippen LogP contribution in [0.2, 0.25) is 0 Å². The van der Waals surface area contributed by atoms with Crippen LogP contribution in [0.25, 0.3) is 6.08 Å². The van der Waals surface area contributed by atoms with Gasteiger partial charge in [0, 0.05) is 12.5 Å². The second kappa shape index (κ2) is 9.21. The standard InChI is InChI=1S/C22H21NO8/c1-12(24)30-17-9-13(6-7-16(17)26-2)8-15-22(25)31-21(23-15)14-10-18(27-3)20(29-5)19(11-14)28-4/h6-11H,1-5H3/b15-8-. The van der Waals surface area contributed by atoms with Crippen molar-refractivity contribution in [1.29, 1.82) is 0 Å². The zero-order chi connectivity index (χ0) is 22.5. The Morgan fingerprint density at radius 2 is 1.55 bits per heavy atom. The van der Waals surface area contributed by atoms with Gasteiger partial charge in [-0.2, -0.15) is 0 Å². The van der Waals surface area contributed by atoms with Crippen molar-refractivity contribution in [2.24, 2.45) is 4.99 Å². The number of carbonyl (C=O) groups is 2. The third-order valence-electron chi connectivity index (χ3n) is 4.28. The van der Waals surface area contributed by atoms with Crippen LogP contribution in [-0.2, 0) is 14.3 Å². The highest BCUT2D eigenvalue weighted by Gasteiger charge is 2.26. The van der Waals surface area contributed by atoms with E-state index in [4.69, 9.17) is 28.4 Å². The molecule has 31 heavy (non-hydrogen) atoms. The molecule has 1 heterocycles. The van der Waals surface area contributed by atoms with E-state index in [1.807, 2.05) is 0 Å². The number of methoxy groups -OCH3 is 4. The monoisotopic (exact) mass is 427 g/mol. The molecule has 9 heteroatoms. The highest BCUT2D eigenvalue weighted by molar-refractivity contribution is 6.13. The molecule has 0 saturated carbocycles. The first-order chi connectivity index (χ1) is 14.9. The van der Waals surface area contributed by atoms with Crippen LogP contribution in [0.5, 0.6) is 28.7 Å². The van der Waals surface area contributed by atoms with Gasteiger partial charge < -0.3 is 28.4 Å². The molecule has 0 fully saturated rings. The molecule has 162 valence electrons. The summed E-state index contributed by atoms with van der Waals surface area (Å²) in [4.78, 5) is 28.0. The van der Waals surface area contributed by atoms with Gasteiger partial charge in [-0.15, -0.1) is 0 Å². The Bertz CT molecular complexity index is 1060. The molecule has 0 bridgehead atoms. The zero-order valence-electron chi connectivity index (χ0n) is 17.7. The normalized spacial score (nSPS) is 14.0. The Hall–Kier alpha value is -4.01. The number of hydrogen-bond acceptors (Lipinski definition) is 9. The summed E-state index contributed by atoms with van der Waals surface area (Å²) in [5, 5.41) is 0. The number of ether oxygens (including phenoxy) is 6. The van der Waals surface area contributed by atoms with Crippen LogP contribution in [0.1, 0.15) is 18.1 Å². The Kier molecular flexibility index (Phi) is 6.44. The fourth-order valence-corrected chi connectivity index (χ4v) is 2.91. The van der Waals surface area contributed by atoms with Crippen molar-refractivity contribution in [3.05, 3.63) is 47.2 Å². The van der Waals surface area contributed by atoms with E-state index in [2.05, 4.69) is 4.99 Å². The van der Waals surface area contributed by atoms with E-state index in [9.17, 15) is 9.59 Å². The maximum absolute atomic E-state index is 12.4. The maximum atomic E-state index is 12.4. The van der Waals surface area contributed by atoms with Crippen LogP contribution >= 0.6 is 0 Å². The van der Waals surface area contributed by atoms with Crippen LogP contribution in [0.4, 0.5) is 0 Å². The van der Waals surface area contributed by atoms with Crippen LogP contribution in [0.3, 0.4) is 0 Å². The van der Waals surface area contributed by atoms with Crippen molar-refractivity contribution in [3.8, 4) is 28.7 Å². The summed E-state index contributed by atoms with van der Waals surface area (Å²) in [7, 11) is 5.92. The number of hydrogen-bond donors (Lipinski definition) is 0. The third kappa shape index (κ3) is 4.61. The van der Waals surface area contributed by atoms with E-state index < -0.39 is 11.9 Å². The number of nitrogens with zero attached hydrogens (tertiary/aromatic N) is 1. The van der Waals surface area contributed by atoms with Crippen molar-refractivity contribution in [1.82, 2.24) is 0 Å². The van der Waals surface area contributed by atoms with Crippen molar-refractivity contribution < 1.29 is 38.0 Å². The highest BCUT2D eigenvalue weighted by atomic mass is 16.6. The molecule has 0 aromatic heterocycles. The van der Waals surface area contributed by atoms with E-state index in [-0.39, 0.29) is 17.3 Å². The number of carbonyl (C=O) groups excluding carboxylic acids is 2. The number of esters is 2. The molecule has 3 rings (SSSR count). The first kappa shape index (κ1) is 21.7. The van der Waals surface area contributed by atoms with Gasteiger partial charge in [0.05, 0.1) is 28.4 Å². The Balaban J connectivity index is 1.99. The van der Waals surface area contributed by atoms with E-state index in [1.54, 1.807) is 30.3 Å². The number of rotatable bonds is 7. The molecule has 0 aliphatic carbocycles. The summed E-state index contributed by atoms with van der Waals surface area (Å²) >= 11 is 0. The average molecular weight is 427 g/mol. The Labute approximate surface area is 178 Å². The summed E-state index contributed by atoms with van der Waals surface area (Å²) in [6.07, 6.45) is 1.51. The summed E-state index contributed by atoms with van der Waals surface area (Å²) < 4.78 is 31.6. The predicted octanol–water partition coefficient (Wildman–Crippen LogP) is 2.99. The van der Waals surface area contributed by atoms with Gasteiger partial charge in [-0.1, -0.05) is 6.07 Å². The molecule has 0 N–H and O–H groups in total. The van der Waals surface area contributed by atoms with Crippen LogP contribution < -0.4 is 23.7 Å². The van der Waals surface area contributed by atoms with Gasteiger partial charge in [0.25, 0.3) is 0 Å². The minimum absolute atomic E-state index is 0.0719. The fourth-order valence-electron chi connectivity index (χ4n) is 2.91. The van der Waals surface area contributed by atoms with Crippen molar-refractivity contribution in [2.75, 3.05) is 28.4 Å². The van der Waals surface area contributed by atoms with Crippen LogP contribution in [-0.4, -0.2) is 46.3 Å². The van der Waals surface area contributed by atoms with Gasteiger partial charge >= 0.3 is 11.9 Å². The minimum Gasteiger partial charge on any atom is -0.493 e. The summed E-state index contributed by atoms with van der Waals surface area (Å²) in [5.74, 6) is 0.774. The highest BCUT2D eigenvalue weighted by Crippen LogP contribution is 2.39. The average Bonchev–Trinajstić information content (AvgIpc) is 3.12. The lowest BCUT2D eigenvalue weighted by Gasteiger charge is -2.13. The number of benzene rings is 2. The molecule has 9 nitrogen and oxygen atoms in total. The molecule has 2 aromatic carbocycles. The molecule has 0 atom stereocenters. The third-order valence-corrected chi connectivity index (χ3v) is 4.28. The van der Waals surface area contributed by atoms with Crippen molar-refractivity contribution in [3.63, 3.8) is 0 Å². The zero-order valence-corrected chi connectivity index (χ0v) is 17.7. The maximum Gasteiger partial charge on any atom is 0.363 e. The largest absolute Gasteiger partial charge is 0.493 e. The molecule has 1 aliphatic heterocycles. The van der Waals surface area contributed by atoms with E-state index in [0.29, 0.717) is 34.1 Å². The first-order valence-corrected chi connectivity index (χ1v) is 9.09. The topological polar surface area (TPSA) is 102 Å². The van der Waals surface area contributed by atoms with Gasteiger partial charge in [-0.05, 0) is 35.9 Å². The van der Waals surface area contributed by atoms with Crippen LogP contribution in [0.15, 0.2) is 41.0 Å². The van der Waals surface area contributed by atoms with Gasteiger partial charge in [-0.25, -0.2) is 9.79 Å². The lowest BCUT2D eigenvalue weighted by Crippen LogP contribution is -2.07. The molecule has 2 aromatic rings. The smallest absolute Gasteiger partial charge is 0.363 e. The van der Waals surface area contributed by atoms with Crippen molar-refractivity contribution >= 4 is 23.9 Å². The lowest BCUT2D eigenvalue weighted by atomic mass is 10.1. The molecule has 1 aliphatic rings. The Morgan fingerprint density at radius 1 is 0.903 bits per heavy atom. The Morgan fingerprint density at radius 3 is 2.10 bits per heavy atom. The predicted molar refractivity (Wildman–Crippen MR) is 111 cm³/mol. The molecule has 0 radical (unpaired) electrons. The lowest BCUT2D eigenvalue weighted by molar-refractivity contribution is -0.132. The van der Waals surface area contributed by atoms with Gasteiger partial charge in [-0.3, -0.25) is 4.79 Å². The van der Waals surface area contributed by atoms with Crippen molar-refractivity contribution in [2.45, 2.75) is 6.92 Å². The van der Waals surface area contributed by atoms with Gasteiger partial charge in [0.2, 0.25) is 11.6 Å². The molecule has 0 saturated heterocycles. The minimum atomic E-state index is -0.631. The summed E-state index contributed by atoms with van der Waals surface area (Å²) in [6.45, 7) is 1.28.